The van der Waals surface area contributed by atoms with Crippen LogP contribution in [-0.4, -0.2) is 49.9 Å². The molecule has 2 N–H and O–H groups in total. The number of thiophene rings is 2. The molecular weight excluding hydrogens is 408 g/mol. The summed E-state index contributed by atoms with van der Waals surface area (Å²) < 4.78 is 17.1. The van der Waals surface area contributed by atoms with E-state index >= 15 is 0 Å². The Balaban J connectivity index is 1.76. The molecule has 0 aromatic carbocycles. The molecule has 7 heteroatoms. The number of aryl methyl sites for hydroxylation is 2. The van der Waals surface area contributed by atoms with Gasteiger partial charge in [-0.05, 0) is 62.1 Å². The van der Waals surface area contributed by atoms with Crippen LogP contribution in [0.3, 0.4) is 0 Å². The van der Waals surface area contributed by atoms with Crippen molar-refractivity contribution >= 4 is 22.7 Å². The second-order valence-corrected chi connectivity index (χ2v) is 9.27. The third-order valence-electron chi connectivity index (χ3n) is 4.42. The Labute approximate surface area is 179 Å². The number of furan rings is 1. The molecular formula is C22H28O5S2. The summed E-state index contributed by atoms with van der Waals surface area (Å²) >= 11 is 3.46. The molecule has 0 atom stereocenters. The predicted octanol–water partition coefficient (Wildman–Crippen LogP) is 4.46. The fourth-order valence-electron chi connectivity index (χ4n) is 3.20. The van der Waals surface area contributed by atoms with Crippen molar-refractivity contribution in [3.8, 4) is 21.3 Å². The third kappa shape index (κ3) is 6.01. The van der Waals surface area contributed by atoms with Crippen LogP contribution in [0.2, 0.25) is 0 Å². The summed E-state index contributed by atoms with van der Waals surface area (Å²) in [5.74, 6) is 1.76. The Morgan fingerprint density at radius 1 is 0.759 bits per heavy atom. The van der Waals surface area contributed by atoms with E-state index in [0.717, 1.165) is 34.1 Å². The average Bonchev–Trinajstić information content (AvgIpc) is 3.40. The van der Waals surface area contributed by atoms with E-state index in [0.29, 0.717) is 26.4 Å². The predicted molar refractivity (Wildman–Crippen MR) is 118 cm³/mol. The van der Waals surface area contributed by atoms with Gasteiger partial charge in [0.05, 0.1) is 49.4 Å². The molecule has 0 fully saturated rings. The number of hydrogen-bond acceptors (Lipinski definition) is 7. The fourth-order valence-corrected chi connectivity index (χ4v) is 5.25. The van der Waals surface area contributed by atoms with Gasteiger partial charge in [-0.25, -0.2) is 0 Å². The van der Waals surface area contributed by atoms with Crippen LogP contribution < -0.4 is 0 Å². The highest BCUT2D eigenvalue weighted by Gasteiger charge is 2.17. The molecule has 3 heterocycles. The van der Waals surface area contributed by atoms with Gasteiger partial charge >= 0.3 is 0 Å². The average molecular weight is 437 g/mol. The van der Waals surface area contributed by atoms with Crippen LogP contribution in [0.25, 0.3) is 21.3 Å². The number of rotatable bonds is 12. The van der Waals surface area contributed by atoms with Gasteiger partial charge in [0.1, 0.15) is 11.5 Å². The minimum atomic E-state index is 0.0463. The van der Waals surface area contributed by atoms with Gasteiger partial charge < -0.3 is 24.1 Å². The highest BCUT2D eigenvalue weighted by atomic mass is 32.1. The zero-order valence-electron chi connectivity index (χ0n) is 16.9. The summed E-state index contributed by atoms with van der Waals surface area (Å²) in [6.07, 6.45) is 1.59. The Bertz CT molecular complexity index is 822. The smallest absolute Gasteiger partial charge is 0.145 e. The summed E-state index contributed by atoms with van der Waals surface area (Å²) in [5, 5.41) is 17.7. The number of aliphatic hydroxyl groups is 2. The van der Waals surface area contributed by atoms with E-state index in [2.05, 4.69) is 26.0 Å². The minimum Gasteiger partial charge on any atom is -0.454 e. The first-order valence-electron chi connectivity index (χ1n) is 9.78. The van der Waals surface area contributed by atoms with E-state index < -0.39 is 0 Å². The Morgan fingerprint density at radius 2 is 1.21 bits per heavy atom. The van der Waals surface area contributed by atoms with Crippen molar-refractivity contribution in [2.24, 2.45) is 0 Å². The van der Waals surface area contributed by atoms with E-state index in [9.17, 15) is 0 Å². The van der Waals surface area contributed by atoms with Gasteiger partial charge in [-0.15, -0.1) is 22.7 Å². The fraction of sp³-hybridized carbons (Fsp3) is 0.455. The zero-order chi connectivity index (χ0) is 20.6. The maximum Gasteiger partial charge on any atom is 0.145 e. The van der Waals surface area contributed by atoms with Gasteiger partial charge in [0, 0.05) is 9.75 Å². The molecule has 0 bridgehead atoms. The van der Waals surface area contributed by atoms with E-state index in [1.54, 1.807) is 22.7 Å². The standard InChI is InChI=1S/C22H28O5S2/c1-15-13-17(5-9-25-11-7-23)21(28-15)19-3-4-20(27-19)22-18(14-16(2)29-22)6-10-26-12-8-24/h3-4,13-14,23-24H,5-12H2,1-2H3. The normalized spacial score (nSPS) is 11.4. The first-order valence-corrected chi connectivity index (χ1v) is 11.4. The molecule has 0 aliphatic heterocycles. The van der Waals surface area contributed by atoms with Crippen LogP contribution in [0.15, 0.2) is 28.7 Å². The molecule has 0 amide bonds. The second-order valence-electron chi connectivity index (χ2n) is 6.76. The molecule has 158 valence electrons. The topological polar surface area (TPSA) is 72.1 Å². The Morgan fingerprint density at radius 3 is 1.62 bits per heavy atom. The Kier molecular flexibility index (Phi) is 8.47. The van der Waals surface area contributed by atoms with Crippen LogP contribution in [0, 0.1) is 13.8 Å². The maximum absolute atomic E-state index is 8.86. The second kappa shape index (κ2) is 11.1. The number of ether oxygens (including phenoxy) is 2. The van der Waals surface area contributed by atoms with Crippen LogP contribution in [-0.2, 0) is 22.3 Å². The lowest BCUT2D eigenvalue weighted by molar-refractivity contribution is 0.0945. The Hall–Kier alpha value is -1.48. The van der Waals surface area contributed by atoms with Crippen molar-refractivity contribution in [3.63, 3.8) is 0 Å². The van der Waals surface area contributed by atoms with Crippen molar-refractivity contribution in [3.05, 3.63) is 45.1 Å². The van der Waals surface area contributed by atoms with Crippen molar-refractivity contribution in [2.75, 3.05) is 39.6 Å². The third-order valence-corrected chi connectivity index (χ3v) is 6.64. The molecule has 3 aromatic heterocycles. The SMILES string of the molecule is Cc1cc(CCOCCO)c(-c2ccc(-c3sc(C)cc3CCOCCO)o2)s1. The van der Waals surface area contributed by atoms with Crippen molar-refractivity contribution < 1.29 is 24.1 Å². The molecule has 0 saturated carbocycles. The summed E-state index contributed by atoms with van der Waals surface area (Å²) in [6, 6.07) is 8.45. The van der Waals surface area contributed by atoms with Gasteiger partial charge in [0.15, 0.2) is 0 Å². The van der Waals surface area contributed by atoms with Crippen LogP contribution >= 0.6 is 22.7 Å². The summed E-state index contributed by atoms with van der Waals surface area (Å²) in [6.45, 7) is 6.19. The van der Waals surface area contributed by atoms with Crippen LogP contribution in [0.5, 0.6) is 0 Å². The highest BCUT2D eigenvalue weighted by molar-refractivity contribution is 7.16. The van der Waals surface area contributed by atoms with E-state index in [4.69, 9.17) is 24.1 Å². The molecule has 5 nitrogen and oxygen atoms in total. The molecule has 0 unspecified atom stereocenters. The highest BCUT2D eigenvalue weighted by Crippen LogP contribution is 2.39. The van der Waals surface area contributed by atoms with E-state index in [-0.39, 0.29) is 13.2 Å². The van der Waals surface area contributed by atoms with Crippen LogP contribution in [0.1, 0.15) is 20.9 Å². The molecule has 0 aliphatic rings. The first-order chi connectivity index (χ1) is 14.1. The van der Waals surface area contributed by atoms with Crippen molar-refractivity contribution in [1.82, 2.24) is 0 Å². The molecule has 0 saturated heterocycles. The van der Waals surface area contributed by atoms with Gasteiger partial charge in [-0.1, -0.05) is 0 Å². The summed E-state index contributed by atoms with van der Waals surface area (Å²) in [4.78, 5) is 4.76. The van der Waals surface area contributed by atoms with Gasteiger partial charge in [0.25, 0.3) is 0 Å². The summed E-state index contributed by atoms with van der Waals surface area (Å²) in [7, 11) is 0. The molecule has 0 radical (unpaired) electrons. The zero-order valence-corrected chi connectivity index (χ0v) is 18.5. The molecule has 0 aliphatic carbocycles. The molecule has 3 aromatic rings. The van der Waals surface area contributed by atoms with Crippen LogP contribution in [0.4, 0.5) is 0 Å². The molecule has 0 spiro atoms. The van der Waals surface area contributed by atoms with E-state index in [1.807, 2.05) is 12.1 Å². The van der Waals surface area contributed by atoms with Gasteiger partial charge in [-0.3, -0.25) is 0 Å². The maximum atomic E-state index is 8.86. The minimum absolute atomic E-state index is 0.0463. The van der Waals surface area contributed by atoms with Crippen molar-refractivity contribution in [1.29, 1.82) is 0 Å². The summed E-state index contributed by atoms with van der Waals surface area (Å²) in [5.41, 5.74) is 2.43. The van der Waals surface area contributed by atoms with Crippen molar-refractivity contribution in [2.45, 2.75) is 26.7 Å². The van der Waals surface area contributed by atoms with E-state index in [1.165, 1.54) is 20.9 Å². The quantitative estimate of drug-likeness (QED) is 0.410. The lowest BCUT2D eigenvalue weighted by Crippen LogP contribution is -2.03. The van der Waals surface area contributed by atoms with Gasteiger partial charge in [0.2, 0.25) is 0 Å². The molecule has 29 heavy (non-hydrogen) atoms. The van der Waals surface area contributed by atoms with Gasteiger partial charge in [-0.2, -0.15) is 0 Å². The number of aliphatic hydroxyl groups excluding tert-OH is 2. The molecule has 3 rings (SSSR count). The lowest BCUT2D eigenvalue weighted by atomic mass is 10.1. The first kappa shape index (κ1) is 22.2. The monoisotopic (exact) mass is 436 g/mol. The largest absolute Gasteiger partial charge is 0.454 e. The lowest BCUT2D eigenvalue weighted by Gasteiger charge is -2.04. The number of hydrogen-bond donors (Lipinski definition) is 2.